The van der Waals surface area contributed by atoms with Crippen LogP contribution in [0.3, 0.4) is 0 Å². The van der Waals surface area contributed by atoms with Gasteiger partial charge in [0.15, 0.2) is 0 Å². The van der Waals surface area contributed by atoms with Crippen molar-refractivity contribution in [3.05, 3.63) is 27.8 Å². The van der Waals surface area contributed by atoms with Gasteiger partial charge in [-0.1, -0.05) is 13.8 Å². The summed E-state index contributed by atoms with van der Waals surface area (Å²) in [5.41, 5.74) is -0.241. The summed E-state index contributed by atoms with van der Waals surface area (Å²) in [5, 5.41) is 5.38. The molecular formula is C15H18IN3O3. The molecule has 1 fully saturated rings. The van der Waals surface area contributed by atoms with E-state index in [2.05, 4.69) is 33.2 Å². The van der Waals surface area contributed by atoms with Crippen molar-refractivity contribution in [2.24, 2.45) is 0 Å². The molecule has 22 heavy (non-hydrogen) atoms. The van der Waals surface area contributed by atoms with Crippen LogP contribution < -0.4 is 10.6 Å². The molecule has 1 aliphatic rings. The Hall–Kier alpha value is -1.64. The van der Waals surface area contributed by atoms with Gasteiger partial charge in [-0.3, -0.25) is 14.5 Å². The van der Waals surface area contributed by atoms with Gasteiger partial charge in [0.2, 0.25) is 5.91 Å². The highest BCUT2D eigenvalue weighted by Gasteiger charge is 2.49. The van der Waals surface area contributed by atoms with E-state index in [1.807, 2.05) is 26.0 Å². The molecule has 4 amide bonds. The minimum atomic E-state index is -0.875. The second kappa shape index (κ2) is 6.64. The smallest absolute Gasteiger partial charge is 0.325 e. The van der Waals surface area contributed by atoms with E-state index in [0.717, 1.165) is 8.47 Å². The van der Waals surface area contributed by atoms with Gasteiger partial charge in [0, 0.05) is 9.26 Å². The molecule has 0 aromatic heterocycles. The Kier molecular flexibility index (Phi) is 5.05. The van der Waals surface area contributed by atoms with Gasteiger partial charge in [0.25, 0.3) is 5.91 Å². The van der Waals surface area contributed by atoms with Crippen LogP contribution in [0.4, 0.5) is 10.5 Å². The van der Waals surface area contributed by atoms with Crippen molar-refractivity contribution in [3.63, 3.8) is 0 Å². The van der Waals surface area contributed by atoms with Crippen LogP contribution in [-0.2, 0) is 9.59 Å². The SMILES string of the molecule is CCC1(CC)NC(=O)N(CC(=O)Nc2ccc(I)cc2)C1=O. The van der Waals surface area contributed by atoms with Crippen LogP contribution in [0.15, 0.2) is 24.3 Å². The van der Waals surface area contributed by atoms with Crippen molar-refractivity contribution in [3.8, 4) is 0 Å². The molecule has 7 heteroatoms. The number of urea groups is 1. The number of rotatable bonds is 5. The summed E-state index contributed by atoms with van der Waals surface area (Å²) in [6.07, 6.45) is 1.01. The highest BCUT2D eigenvalue weighted by Crippen LogP contribution is 2.24. The summed E-state index contributed by atoms with van der Waals surface area (Å²) in [6.45, 7) is 3.41. The third kappa shape index (κ3) is 3.23. The lowest BCUT2D eigenvalue weighted by Crippen LogP contribution is -2.46. The van der Waals surface area contributed by atoms with Gasteiger partial charge in [0.05, 0.1) is 0 Å². The van der Waals surface area contributed by atoms with Crippen LogP contribution in [0.5, 0.6) is 0 Å². The second-order valence-electron chi connectivity index (χ2n) is 5.17. The normalized spacial score (nSPS) is 16.6. The number of carbonyl (C=O) groups is 3. The van der Waals surface area contributed by atoms with E-state index < -0.39 is 17.5 Å². The molecule has 2 rings (SSSR count). The number of hydrogen-bond donors (Lipinski definition) is 2. The molecule has 0 spiro atoms. The van der Waals surface area contributed by atoms with E-state index in [-0.39, 0.29) is 12.5 Å². The first-order chi connectivity index (χ1) is 10.4. The van der Waals surface area contributed by atoms with Crippen molar-refractivity contribution >= 4 is 46.1 Å². The molecule has 0 unspecified atom stereocenters. The van der Waals surface area contributed by atoms with Crippen LogP contribution in [0.25, 0.3) is 0 Å². The summed E-state index contributed by atoms with van der Waals surface area (Å²) in [4.78, 5) is 37.4. The Morgan fingerprint density at radius 1 is 1.23 bits per heavy atom. The molecule has 0 radical (unpaired) electrons. The summed E-state index contributed by atoms with van der Waals surface area (Å²) < 4.78 is 1.06. The predicted molar refractivity (Wildman–Crippen MR) is 91.3 cm³/mol. The van der Waals surface area contributed by atoms with E-state index >= 15 is 0 Å². The maximum absolute atomic E-state index is 12.4. The minimum Gasteiger partial charge on any atom is -0.325 e. The standard InChI is InChI=1S/C15H18IN3O3/c1-3-15(4-2)13(21)19(14(22)18-15)9-12(20)17-11-7-5-10(16)6-8-11/h5-8H,3-4,9H2,1-2H3,(H,17,20)(H,18,22). The van der Waals surface area contributed by atoms with Crippen LogP contribution in [-0.4, -0.2) is 34.8 Å². The number of imide groups is 1. The molecule has 1 aliphatic heterocycles. The van der Waals surface area contributed by atoms with Crippen LogP contribution >= 0.6 is 22.6 Å². The monoisotopic (exact) mass is 415 g/mol. The molecule has 0 bridgehead atoms. The number of nitrogens with zero attached hydrogens (tertiary/aromatic N) is 1. The Morgan fingerprint density at radius 3 is 2.32 bits per heavy atom. The Balaban J connectivity index is 2.04. The zero-order valence-electron chi connectivity index (χ0n) is 12.5. The van der Waals surface area contributed by atoms with E-state index in [0.29, 0.717) is 18.5 Å². The number of carbonyl (C=O) groups excluding carboxylic acids is 3. The first kappa shape index (κ1) is 16.7. The van der Waals surface area contributed by atoms with Crippen molar-refractivity contribution in [2.75, 3.05) is 11.9 Å². The second-order valence-corrected chi connectivity index (χ2v) is 6.41. The minimum absolute atomic E-state index is 0.279. The number of benzene rings is 1. The largest absolute Gasteiger partial charge is 0.325 e. The number of hydrogen-bond acceptors (Lipinski definition) is 3. The molecule has 1 aromatic rings. The highest BCUT2D eigenvalue weighted by atomic mass is 127. The molecule has 6 nitrogen and oxygen atoms in total. The summed E-state index contributed by atoms with van der Waals surface area (Å²) in [6, 6.07) is 6.76. The summed E-state index contributed by atoms with van der Waals surface area (Å²) in [7, 11) is 0. The first-order valence-corrected chi connectivity index (χ1v) is 8.19. The number of halogens is 1. The van der Waals surface area contributed by atoms with Gasteiger partial charge in [-0.2, -0.15) is 0 Å². The number of nitrogens with one attached hydrogen (secondary N) is 2. The van der Waals surface area contributed by atoms with Gasteiger partial charge in [0.1, 0.15) is 12.1 Å². The third-order valence-electron chi connectivity index (χ3n) is 3.88. The molecule has 0 atom stereocenters. The molecule has 0 aliphatic carbocycles. The number of anilines is 1. The van der Waals surface area contributed by atoms with Crippen molar-refractivity contribution in [1.82, 2.24) is 10.2 Å². The maximum Gasteiger partial charge on any atom is 0.325 e. The van der Waals surface area contributed by atoms with Gasteiger partial charge < -0.3 is 10.6 Å². The lowest BCUT2D eigenvalue weighted by molar-refractivity contribution is -0.134. The molecule has 0 saturated carbocycles. The Morgan fingerprint density at radius 2 is 1.82 bits per heavy atom. The van der Waals surface area contributed by atoms with Gasteiger partial charge in [-0.25, -0.2) is 4.79 Å². The zero-order chi connectivity index (χ0) is 16.3. The van der Waals surface area contributed by atoms with E-state index in [9.17, 15) is 14.4 Å². The average Bonchev–Trinajstić information content (AvgIpc) is 2.74. The molecular weight excluding hydrogens is 397 g/mol. The lowest BCUT2D eigenvalue weighted by atomic mass is 9.93. The fourth-order valence-corrected chi connectivity index (χ4v) is 2.79. The van der Waals surface area contributed by atoms with Crippen molar-refractivity contribution in [1.29, 1.82) is 0 Å². The lowest BCUT2D eigenvalue weighted by Gasteiger charge is -2.23. The predicted octanol–water partition coefficient (Wildman–Crippen LogP) is 2.34. The molecule has 118 valence electrons. The summed E-state index contributed by atoms with van der Waals surface area (Å²) in [5.74, 6) is -0.729. The Labute approximate surface area is 142 Å². The third-order valence-corrected chi connectivity index (χ3v) is 4.60. The fraction of sp³-hybridized carbons (Fsp3) is 0.400. The molecule has 1 saturated heterocycles. The Bertz CT molecular complexity index is 597. The van der Waals surface area contributed by atoms with E-state index in [1.54, 1.807) is 12.1 Å². The first-order valence-electron chi connectivity index (χ1n) is 7.11. The van der Waals surface area contributed by atoms with Gasteiger partial charge >= 0.3 is 6.03 Å². The zero-order valence-corrected chi connectivity index (χ0v) is 14.6. The fourth-order valence-electron chi connectivity index (χ4n) is 2.43. The summed E-state index contributed by atoms with van der Waals surface area (Å²) >= 11 is 2.17. The van der Waals surface area contributed by atoms with E-state index in [4.69, 9.17) is 0 Å². The van der Waals surface area contributed by atoms with Gasteiger partial charge in [-0.15, -0.1) is 0 Å². The van der Waals surface area contributed by atoms with Crippen LogP contribution in [0.1, 0.15) is 26.7 Å². The quantitative estimate of drug-likeness (QED) is 0.573. The van der Waals surface area contributed by atoms with Gasteiger partial charge in [-0.05, 0) is 59.7 Å². The van der Waals surface area contributed by atoms with Crippen molar-refractivity contribution < 1.29 is 14.4 Å². The van der Waals surface area contributed by atoms with E-state index in [1.165, 1.54) is 0 Å². The van der Waals surface area contributed by atoms with Crippen LogP contribution in [0, 0.1) is 3.57 Å². The average molecular weight is 415 g/mol. The number of amides is 4. The molecule has 1 aromatic carbocycles. The molecule has 1 heterocycles. The van der Waals surface area contributed by atoms with Crippen molar-refractivity contribution in [2.45, 2.75) is 32.2 Å². The van der Waals surface area contributed by atoms with Crippen LogP contribution in [0.2, 0.25) is 0 Å². The molecule has 2 N–H and O–H groups in total. The topological polar surface area (TPSA) is 78.5 Å². The highest BCUT2D eigenvalue weighted by molar-refractivity contribution is 14.1. The maximum atomic E-state index is 12.4.